The molecule has 1 aliphatic heterocycles. The van der Waals surface area contributed by atoms with E-state index in [0.29, 0.717) is 23.8 Å². The number of rotatable bonds is 4. The van der Waals surface area contributed by atoms with Gasteiger partial charge in [-0.25, -0.2) is 4.98 Å². The Morgan fingerprint density at radius 2 is 2.00 bits per heavy atom. The maximum Gasteiger partial charge on any atom is 0.272 e. The average Bonchev–Trinajstić information content (AvgIpc) is 2.96. The molecular weight excluding hydrogens is 326 g/mol. The van der Waals surface area contributed by atoms with Crippen molar-refractivity contribution in [3.8, 4) is 0 Å². The predicted octanol–water partition coefficient (Wildman–Crippen LogP) is 2.38. The fraction of sp³-hybridized carbons (Fsp3) is 0.471. The number of halogens is 1. The van der Waals surface area contributed by atoms with Gasteiger partial charge in [0.2, 0.25) is 0 Å². The van der Waals surface area contributed by atoms with Crippen molar-refractivity contribution in [2.45, 2.75) is 19.8 Å². The Labute approximate surface area is 147 Å². The summed E-state index contributed by atoms with van der Waals surface area (Å²) in [6, 6.07) is 5.67. The lowest BCUT2D eigenvalue weighted by atomic mass is 10.2. The third-order valence-electron chi connectivity index (χ3n) is 4.26. The molecule has 1 fully saturated rings. The molecular formula is C17H22ClN5O. The van der Waals surface area contributed by atoms with E-state index in [0.717, 1.165) is 37.4 Å². The predicted molar refractivity (Wildman–Crippen MR) is 94.6 cm³/mol. The minimum absolute atomic E-state index is 0.0519. The van der Waals surface area contributed by atoms with Gasteiger partial charge in [-0.3, -0.25) is 9.48 Å². The standard InChI is InChI=1S/C17H22ClN5O/c1-3-4-14-11-15(21(2)20-14)17(24)23-9-7-22(8-10-23)16-6-5-13(18)12-19-16/h5-6,11-12H,3-4,7-10H2,1-2H3. The molecule has 1 amide bonds. The highest BCUT2D eigenvalue weighted by Gasteiger charge is 2.25. The average molecular weight is 348 g/mol. The Bertz CT molecular complexity index is 704. The second kappa shape index (κ2) is 7.21. The Morgan fingerprint density at radius 1 is 1.25 bits per heavy atom. The molecule has 128 valence electrons. The topological polar surface area (TPSA) is 54.3 Å². The summed E-state index contributed by atoms with van der Waals surface area (Å²) >= 11 is 5.88. The molecule has 0 atom stereocenters. The van der Waals surface area contributed by atoms with Crippen molar-refractivity contribution in [3.05, 3.63) is 40.8 Å². The van der Waals surface area contributed by atoms with Crippen LogP contribution in [0.1, 0.15) is 29.5 Å². The van der Waals surface area contributed by atoms with E-state index in [1.54, 1.807) is 10.9 Å². The molecule has 3 heterocycles. The van der Waals surface area contributed by atoms with E-state index in [9.17, 15) is 4.79 Å². The molecule has 2 aromatic heterocycles. The molecule has 6 nitrogen and oxygen atoms in total. The van der Waals surface area contributed by atoms with Gasteiger partial charge in [0.15, 0.2) is 0 Å². The highest BCUT2D eigenvalue weighted by molar-refractivity contribution is 6.30. The van der Waals surface area contributed by atoms with E-state index in [1.165, 1.54) is 0 Å². The van der Waals surface area contributed by atoms with Gasteiger partial charge < -0.3 is 9.80 Å². The van der Waals surface area contributed by atoms with Crippen LogP contribution in [0.2, 0.25) is 5.02 Å². The normalized spacial score (nSPS) is 15.0. The van der Waals surface area contributed by atoms with Crippen LogP contribution in [0.3, 0.4) is 0 Å². The van der Waals surface area contributed by atoms with Crippen LogP contribution in [0.15, 0.2) is 24.4 Å². The van der Waals surface area contributed by atoms with Crippen molar-refractivity contribution in [1.29, 1.82) is 0 Å². The van der Waals surface area contributed by atoms with E-state index in [1.807, 2.05) is 30.1 Å². The number of carbonyl (C=O) groups excluding carboxylic acids is 1. The first kappa shape index (κ1) is 16.8. The highest BCUT2D eigenvalue weighted by Crippen LogP contribution is 2.17. The molecule has 24 heavy (non-hydrogen) atoms. The van der Waals surface area contributed by atoms with Crippen LogP contribution >= 0.6 is 11.6 Å². The van der Waals surface area contributed by atoms with Crippen molar-refractivity contribution >= 4 is 23.3 Å². The summed E-state index contributed by atoms with van der Waals surface area (Å²) in [5.41, 5.74) is 1.64. The zero-order valence-corrected chi connectivity index (χ0v) is 14.8. The van der Waals surface area contributed by atoms with Crippen LogP contribution in [-0.4, -0.2) is 51.8 Å². The van der Waals surface area contributed by atoms with Gasteiger partial charge in [-0.2, -0.15) is 5.10 Å². The van der Waals surface area contributed by atoms with Crippen molar-refractivity contribution in [1.82, 2.24) is 19.7 Å². The summed E-state index contributed by atoms with van der Waals surface area (Å²) in [5.74, 6) is 0.952. The Morgan fingerprint density at radius 3 is 2.62 bits per heavy atom. The molecule has 0 saturated carbocycles. The number of hydrogen-bond acceptors (Lipinski definition) is 4. The molecule has 0 spiro atoms. The Balaban J connectivity index is 1.63. The summed E-state index contributed by atoms with van der Waals surface area (Å²) in [4.78, 5) is 21.1. The Kier molecular flexibility index (Phi) is 5.04. The third kappa shape index (κ3) is 3.53. The van der Waals surface area contributed by atoms with E-state index in [2.05, 4.69) is 21.9 Å². The van der Waals surface area contributed by atoms with Crippen LogP contribution in [0, 0.1) is 0 Å². The molecule has 2 aromatic rings. The second-order valence-electron chi connectivity index (χ2n) is 6.01. The number of aryl methyl sites for hydroxylation is 2. The summed E-state index contributed by atoms with van der Waals surface area (Å²) in [5, 5.41) is 5.05. The smallest absolute Gasteiger partial charge is 0.272 e. The monoisotopic (exact) mass is 347 g/mol. The SMILES string of the molecule is CCCc1cc(C(=O)N2CCN(c3ccc(Cl)cn3)CC2)n(C)n1. The van der Waals surface area contributed by atoms with Crippen molar-refractivity contribution in [3.63, 3.8) is 0 Å². The summed E-state index contributed by atoms with van der Waals surface area (Å²) in [7, 11) is 1.83. The molecule has 0 aliphatic carbocycles. The van der Waals surface area contributed by atoms with Crippen LogP contribution in [-0.2, 0) is 13.5 Å². The van der Waals surface area contributed by atoms with Gasteiger partial charge in [0.1, 0.15) is 11.5 Å². The van der Waals surface area contributed by atoms with Crippen molar-refractivity contribution in [2.75, 3.05) is 31.1 Å². The van der Waals surface area contributed by atoms with Gasteiger partial charge in [-0.15, -0.1) is 0 Å². The van der Waals surface area contributed by atoms with E-state index < -0.39 is 0 Å². The van der Waals surface area contributed by atoms with Crippen molar-refractivity contribution in [2.24, 2.45) is 7.05 Å². The van der Waals surface area contributed by atoms with Crippen LogP contribution in [0.4, 0.5) is 5.82 Å². The van der Waals surface area contributed by atoms with Gasteiger partial charge >= 0.3 is 0 Å². The summed E-state index contributed by atoms with van der Waals surface area (Å²) < 4.78 is 1.69. The number of nitrogens with zero attached hydrogens (tertiary/aromatic N) is 5. The Hall–Kier alpha value is -2.08. The molecule has 3 rings (SSSR count). The van der Waals surface area contributed by atoms with E-state index in [-0.39, 0.29) is 5.91 Å². The van der Waals surface area contributed by atoms with E-state index >= 15 is 0 Å². The lowest BCUT2D eigenvalue weighted by Gasteiger charge is -2.35. The number of amides is 1. The molecule has 0 N–H and O–H groups in total. The third-order valence-corrected chi connectivity index (χ3v) is 4.48. The zero-order chi connectivity index (χ0) is 17.1. The molecule has 0 unspecified atom stereocenters. The fourth-order valence-corrected chi connectivity index (χ4v) is 3.07. The fourth-order valence-electron chi connectivity index (χ4n) is 2.96. The quantitative estimate of drug-likeness (QED) is 0.852. The van der Waals surface area contributed by atoms with Gasteiger partial charge in [-0.05, 0) is 24.6 Å². The number of piperazine rings is 1. The van der Waals surface area contributed by atoms with Gasteiger partial charge in [0, 0.05) is 39.4 Å². The van der Waals surface area contributed by atoms with Crippen molar-refractivity contribution < 1.29 is 4.79 Å². The number of aromatic nitrogens is 3. The molecule has 1 aliphatic rings. The van der Waals surface area contributed by atoms with Crippen LogP contribution in [0.25, 0.3) is 0 Å². The minimum Gasteiger partial charge on any atom is -0.353 e. The summed E-state index contributed by atoms with van der Waals surface area (Å²) in [6.07, 6.45) is 3.58. The second-order valence-corrected chi connectivity index (χ2v) is 6.44. The number of pyridine rings is 1. The summed E-state index contributed by atoms with van der Waals surface area (Å²) in [6.45, 7) is 5.00. The number of hydrogen-bond donors (Lipinski definition) is 0. The molecule has 0 bridgehead atoms. The van der Waals surface area contributed by atoms with Gasteiger partial charge in [-0.1, -0.05) is 24.9 Å². The molecule has 0 radical (unpaired) electrons. The first-order chi connectivity index (χ1) is 11.6. The number of anilines is 1. The maximum atomic E-state index is 12.7. The van der Waals surface area contributed by atoms with Crippen LogP contribution in [0.5, 0.6) is 0 Å². The van der Waals surface area contributed by atoms with Gasteiger partial charge in [0.25, 0.3) is 5.91 Å². The van der Waals surface area contributed by atoms with E-state index in [4.69, 9.17) is 11.6 Å². The first-order valence-corrected chi connectivity index (χ1v) is 8.65. The molecule has 7 heteroatoms. The lowest BCUT2D eigenvalue weighted by molar-refractivity contribution is 0.0735. The maximum absolute atomic E-state index is 12.7. The zero-order valence-electron chi connectivity index (χ0n) is 14.1. The highest BCUT2D eigenvalue weighted by atomic mass is 35.5. The lowest BCUT2D eigenvalue weighted by Crippen LogP contribution is -2.49. The number of carbonyl (C=O) groups is 1. The first-order valence-electron chi connectivity index (χ1n) is 8.27. The molecule has 0 aromatic carbocycles. The largest absolute Gasteiger partial charge is 0.353 e. The minimum atomic E-state index is 0.0519. The molecule has 1 saturated heterocycles. The van der Waals surface area contributed by atoms with Crippen LogP contribution < -0.4 is 4.90 Å². The van der Waals surface area contributed by atoms with Gasteiger partial charge in [0.05, 0.1) is 10.7 Å².